The summed E-state index contributed by atoms with van der Waals surface area (Å²) in [6, 6.07) is 1.91. The van der Waals surface area contributed by atoms with Crippen molar-refractivity contribution in [3.05, 3.63) is 34.5 Å². The van der Waals surface area contributed by atoms with Crippen LogP contribution in [0.3, 0.4) is 0 Å². The smallest absolute Gasteiger partial charge is 0.257 e. The number of hydrogen-bond donors (Lipinski definition) is 0. The number of rotatable bonds is 5. The number of morpholine rings is 1. The van der Waals surface area contributed by atoms with Crippen LogP contribution in [0.2, 0.25) is 0 Å². The van der Waals surface area contributed by atoms with Crippen LogP contribution >= 0.6 is 0 Å². The first-order valence-corrected chi connectivity index (χ1v) is 9.79. The number of piperazine rings is 1. The summed E-state index contributed by atoms with van der Waals surface area (Å²) in [4.78, 5) is 19.4. The third-order valence-corrected chi connectivity index (χ3v) is 5.46. The molecule has 0 aromatic carbocycles. The molecule has 9 nitrogen and oxygen atoms in total. The average Bonchev–Trinajstić information content (AvgIpc) is 3.28. The summed E-state index contributed by atoms with van der Waals surface area (Å²) in [5.41, 5.74) is 2.35. The van der Waals surface area contributed by atoms with Crippen LogP contribution < -0.4 is 0 Å². The standard InChI is InChI=1S/C19H27N5O4/c1-14-18(21-28-20-14)13-22-3-5-24(6-4-22)19(25)17-11-16(27-15(17)2)12-23-7-9-26-10-8-23/h11H,3-10,12-13H2,1-2H3. The third kappa shape index (κ3) is 4.26. The van der Waals surface area contributed by atoms with Gasteiger partial charge in [0.15, 0.2) is 0 Å². The Labute approximate surface area is 164 Å². The van der Waals surface area contributed by atoms with Crippen molar-refractivity contribution in [3.8, 4) is 0 Å². The molecule has 2 aliphatic rings. The number of amides is 1. The van der Waals surface area contributed by atoms with E-state index in [0.717, 1.165) is 63.1 Å². The molecule has 28 heavy (non-hydrogen) atoms. The van der Waals surface area contributed by atoms with Crippen molar-refractivity contribution in [3.63, 3.8) is 0 Å². The zero-order chi connectivity index (χ0) is 19.5. The van der Waals surface area contributed by atoms with Gasteiger partial charge in [-0.2, -0.15) is 0 Å². The van der Waals surface area contributed by atoms with Crippen LogP contribution in [0, 0.1) is 13.8 Å². The van der Waals surface area contributed by atoms with Crippen molar-refractivity contribution in [1.29, 1.82) is 0 Å². The Hall–Kier alpha value is -2.23. The van der Waals surface area contributed by atoms with Gasteiger partial charge in [0.1, 0.15) is 22.9 Å². The lowest BCUT2D eigenvalue weighted by atomic mass is 10.2. The quantitative estimate of drug-likeness (QED) is 0.750. The predicted octanol–water partition coefficient (Wildman–Crippen LogP) is 1.07. The molecule has 2 aromatic rings. The van der Waals surface area contributed by atoms with E-state index in [4.69, 9.17) is 13.8 Å². The molecule has 2 aromatic heterocycles. The summed E-state index contributed by atoms with van der Waals surface area (Å²) in [5, 5.41) is 7.76. The zero-order valence-corrected chi connectivity index (χ0v) is 16.5. The Bertz CT molecular complexity index is 803. The van der Waals surface area contributed by atoms with E-state index < -0.39 is 0 Å². The van der Waals surface area contributed by atoms with Crippen LogP contribution in [-0.2, 0) is 17.8 Å². The molecule has 0 aliphatic carbocycles. The van der Waals surface area contributed by atoms with Gasteiger partial charge in [0, 0.05) is 45.8 Å². The molecule has 152 valence electrons. The molecule has 0 saturated carbocycles. The van der Waals surface area contributed by atoms with Gasteiger partial charge in [-0.25, -0.2) is 4.63 Å². The Morgan fingerprint density at radius 2 is 1.71 bits per heavy atom. The largest absolute Gasteiger partial charge is 0.464 e. The fourth-order valence-electron chi connectivity index (χ4n) is 3.70. The lowest BCUT2D eigenvalue weighted by Crippen LogP contribution is -2.48. The Morgan fingerprint density at radius 3 is 2.39 bits per heavy atom. The molecular weight excluding hydrogens is 362 g/mol. The van der Waals surface area contributed by atoms with Crippen LogP contribution in [0.5, 0.6) is 0 Å². The topological polar surface area (TPSA) is 88.1 Å². The van der Waals surface area contributed by atoms with Gasteiger partial charge in [0.25, 0.3) is 5.91 Å². The van der Waals surface area contributed by atoms with E-state index in [1.807, 2.05) is 24.8 Å². The second-order valence-electron chi connectivity index (χ2n) is 7.44. The normalized spacial score (nSPS) is 19.3. The van der Waals surface area contributed by atoms with E-state index in [1.54, 1.807) is 0 Å². The number of carbonyl (C=O) groups excluding carboxylic acids is 1. The minimum atomic E-state index is 0.0495. The first-order valence-electron chi connectivity index (χ1n) is 9.79. The number of aryl methyl sites for hydroxylation is 2. The molecule has 0 spiro atoms. The second-order valence-corrected chi connectivity index (χ2v) is 7.44. The monoisotopic (exact) mass is 389 g/mol. The predicted molar refractivity (Wildman–Crippen MR) is 99.8 cm³/mol. The minimum Gasteiger partial charge on any atom is -0.464 e. The van der Waals surface area contributed by atoms with Crippen molar-refractivity contribution in [2.24, 2.45) is 0 Å². The molecule has 0 radical (unpaired) electrons. The van der Waals surface area contributed by atoms with Crippen LogP contribution in [-0.4, -0.2) is 83.4 Å². The number of aromatic nitrogens is 2. The highest BCUT2D eigenvalue weighted by molar-refractivity contribution is 5.95. The second kappa shape index (κ2) is 8.42. The van der Waals surface area contributed by atoms with E-state index in [1.165, 1.54) is 0 Å². The summed E-state index contributed by atoms with van der Waals surface area (Å²) < 4.78 is 16.0. The van der Waals surface area contributed by atoms with Crippen LogP contribution in [0.15, 0.2) is 15.1 Å². The maximum Gasteiger partial charge on any atom is 0.257 e. The van der Waals surface area contributed by atoms with E-state index in [0.29, 0.717) is 31.0 Å². The van der Waals surface area contributed by atoms with Gasteiger partial charge in [-0.1, -0.05) is 10.3 Å². The fourth-order valence-corrected chi connectivity index (χ4v) is 3.70. The molecule has 9 heteroatoms. The molecule has 4 heterocycles. The van der Waals surface area contributed by atoms with Crippen molar-refractivity contribution in [2.75, 3.05) is 52.5 Å². The Morgan fingerprint density at radius 1 is 1.00 bits per heavy atom. The van der Waals surface area contributed by atoms with Crippen LogP contribution in [0.1, 0.15) is 33.3 Å². The van der Waals surface area contributed by atoms with Crippen LogP contribution in [0.4, 0.5) is 0 Å². The summed E-state index contributed by atoms with van der Waals surface area (Å²) in [7, 11) is 0. The summed E-state index contributed by atoms with van der Waals surface area (Å²) >= 11 is 0. The van der Waals surface area contributed by atoms with Gasteiger partial charge in [-0.05, 0) is 19.9 Å². The Balaban J connectivity index is 1.33. The highest BCUT2D eigenvalue weighted by Crippen LogP contribution is 2.20. The molecule has 4 rings (SSSR count). The van der Waals surface area contributed by atoms with E-state index in [9.17, 15) is 4.79 Å². The molecule has 0 N–H and O–H groups in total. The van der Waals surface area contributed by atoms with Gasteiger partial charge in [-0.3, -0.25) is 14.6 Å². The number of carbonyl (C=O) groups is 1. The molecule has 0 bridgehead atoms. The van der Waals surface area contributed by atoms with E-state index in [2.05, 4.69) is 20.1 Å². The van der Waals surface area contributed by atoms with Gasteiger partial charge in [0.05, 0.1) is 25.3 Å². The molecule has 0 atom stereocenters. The Kier molecular flexibility index (Phi) is 5.74. The maximum absolute atomic E-state index is 13.0. The van der Waals surface area contributed by atoms with Crippen LogP contribution in [0.25, 0.3) is 0 Å². The van der Waals surface area contributed by atoms with E-state index in [-0.39, 0.29) is 5.91 Å². The molecule has 2 fully saturated rings. The van der Waals surface area contributed by atoms with Gasteiger partial charge >= 0.3 is 0 Å². The number of nitrogens with zero attached hydrogens (tertiary/aromatic N) is 5. The molecule has 0 unspecified atom stereocenters. The zero-order valence-electron chi connectivity index (χ0n) is 16.5. The van der Waals surface area contributed by atoms with E-state index >= 15 is 0 Å². The number of furan rings is 1. The number of hydrogen-bond acceptors (Lipinski definition) is 8. The molecule has 1 amide bonds. The van der Waals surface area contributed by atoms with Crippen molar-refractivity contribution in [2.45, 2.75) is 26.9 Å². The fraction of sp³-hybridized carbons (Fsp3) is 0.632. The van der Waals surface area contributed by atoms with Crippen molar-refractivity contribution in [1.82, 2.24) is 25.0 Å². The van der Waals surface area contributed by atoms with Gasteiger partial charge in [-0.15, -0.1) is 0 Å². The first kappa shape index (κ1) is 19.1. The summed E-state index contributed by atoms with van der Waals surface area (Å²) in [5.74, 6) is 1.59. The maximum atomic E-state index is 13.0. The first-order chi connectivity index (χ1) is 13.6. The summed E-state index contributed by atoms with van der Waals surface area (Å²) in [6.45, 7) is 11.4. The molecular formula is C19H27N5O4. The highest BCUT2D eigenvalue weighted by atomic mass is 16.6. The minimum absolute atomic E-state index is 0.0495. The van der Waals surface area contributed by atoms with Gasteiger partial charge in [0.2, 0.25) is 0 Å². The molecule has 2 saturated heterocycles. The summed E-state index contributed by atoms with van der Waals surface area (Å²) in [6.07, 6.45) is 0. The third-order valence-electron chi connectivity index (χ3n) is 5.46. The molecule has 2 aliphatic heterocycles. The van der Waals surface area contributed by atoms with Crippen molar-refractivity contribution < 1.29 is 18.6 Å². The lowest BCUT2D eigenvalue weighted by Gasteiger charge is -2.34. The lowest BCUT2D eigenvalue weighted by molar-refractivity contribution is 0.0312. The van der Waals surface area contributed by atoms with Gasteiger partial charge < -0.3 is 14.1 Å². The average molecular weight is 389 g/mol. The highest BCUT2D eigenvalue weighted by Gasteiger charge is 2.26. The SMILES string of the molecule is Cc1nonc1CN1CCN(C(=O)c2cc(CN3CCOCC3)oc2C)CC1. The number of ether oxygens (including phenoxy) is 1. The van der Waals surface area contributed by atoms with Crippen molar-refractivity contribution >= 4 is 5.91 Å².